The van der Waals surface area contributed by atoms with Crippen LogP contribution in [-0.2, 0) is 22.6 Å². The molecule has 0 aliphatic heterocycles. The van der Waals surface area contributed by atoms with Crippen molar-refractivity contribution < 1.29 is 33.7 Å². The van der Waals surface area contributed by atoms with Gasteiger partial charge in [-0.05, 0) is 48.4 Å². The SMILES string of the molecule is COc1ccc(CCNCc2ccc(F)cc2)cc1OC.O=C(O)C(=O)O. The highest BCUT2D eigenvalue weighted by Crippen LogP contribution is 2.27. The number of aliphatic carboxylic acids is 2. The summed E-state index contributed by atoms with van der Waals surface area (Å²) in [6.45, 7) is 1.57. The predicted octanol–water partition coefficient (Wildman–Crippen LogP) is 2.33. The fourth-order valence-electron chi connectivity index (χ4n) is 2.10. The number of benzene rings is 2. The van der Waals surface area contributed by atoms with Crippen LogP contribution in [0.5, 0.6) is 11.5 Å². The molecule has 7 nitrogen and oxygen atoms in total. The van der Waals surface area contributed by atoms with Gasteiger partial charge in [-0.15, -0.1) is 0 Å². The Bertz CT molecular complexity index is 736. The van der Waals surface area contributed by atoms with Crippen molar-refractivity contribution in [2.24, 2.45) is 0 Å². The lowest BCUT2D eigenvalue weighted by Gasteiger charge is -2.10. The molecule has 0 atom stereocenters. The Morgan fingerprint density at radius 1 is 0.926 bits per heavy atom. The zero-order chi connectivity index (χ0) is 20.2. The summed E-state index contributed by atoms with van der Waals surface area (Å²) >= 11 is 0. The second-order valence-corrected chi connectivity index (χ2v) is 5.35. The van der Waals surface area contributed by atoms with Crippen LogP contribution in [0.25, 0.3) is 0 Å². The molecule has 0 bridgehead atoms. The van der Waals surface area contributed by atoms with Gasteiger partial charge >= 0.3 is 11.9 Å². The minimum atomic E-state index is -1.82. The normalized spacial score (nSPS) is 9.74. The van der Waals surface area contributed by atoms with Gasteiger partial charge < -0.3 is 25.0 Å². The van der Waals surface area contributed by atoms with Crippen molar-refractivity contribution in [3.05, 3.63) is 59.4 Å². The molecule has 2 aromatic rings. The molecule has 2 rings (SSSR count). The Morgan fingerprint density at radius 3 is 2.00 bits per heavy atom. The van der Waals surface area contributed by atoms with Gasteiger partial charge in [0.15, 0.2) is 11.5 Å². The van der Waals surface area contributed by atoms with Gasteiger partial charge in [0, 0.05) is 6.54 Å². The van der Waals surface area contributed by atoms with E-state index in [1.54, 1.807) is 26.4 Å². The first-order chi connectivity index (χ1) is 12.9. The number of halogens is 1. The molecule has 0 spiro atoms. The summed E-state index contributed by atoms with van der Waals surface area (Å²) in [5.41, 5.74) is 2.25. The minimum Gasteiger partial charge on any atom is -0.493 e. The number of nitrogens with one attached hydrogen (secondary N) is 1. The third-order valence-electron chi connectivity index (χ3n) is 3.46. The topological polar surface area (TPSA) is 105 Å². The first-order valence-corrected chi connectivity index (χ1v) is 7.99. The molecule has 0 aromatic heterocycles. The maximum absolute atomic E-state index is 12.8. The number of rotatable bonds is 7. The van der Waals surface area contributed by atoms with Crippen molar-refractivity contribution in [3.63, 3.8) is 0 Å². The first-order valence-electron chi connectivity index (χ1n) is 7.99. The molecule has 3 N–H and O–H groups in total. The molecule has 0 fully saturated rings. The van der Waals surface area contributed by atoms with E-state index in [0.29, 0.717) is 0 Å². The zero-order valence-corrected chi connectivity index (χ0v) is 15.1. The fourth-order valence-corrected chi connectivity index (χ4v) is 2.10. The number of methoxy groups -OCH3 is 2. The molecule has 146 valence electrons. The second kappa shape index (κ2) is 11.5. The molecule has 0 saturated carbocycles. The monoisotopic (exact) mass is 379 g/mol. The van der Waals surface area contributed by atoms with Crippen LogP contribution in [-0.4, -0.2) is 42.9 Å². The molecule has 0 aliphatic rings. The molecule has 0 aliphatic carbocycles. The van der Waals surface area contributed by atoms with Crippen LogP contribution in [0.4, 0.5) is 4.39 Å². The van der Waals surface area contributed by atoms with Crippen molar-refractivity contribution in [1.29, 1.82) is 0 Å². The highest BCUT2D eigenvalue weighted by molar-refractivity contribution is 6.27. The lowest BCUT2D eigenvalue weighted by atomic mass is 10.1. The molecule has 0 saturated heterocycles. The fraction of sp³-hybridized carbons (Fsp3) is 0.263. The number of hydrogen-bond acceptors (Lipinski definition) is 5. The Labute approximate surface area is 156 Å². The van der Waals surface area contributed by atoms with Crippen LogP contribution >= 0.6 is 0 Å². The van der Waals surface area contributed by atoms with Crippen molar-refractivity contribution in [2.45, 2.75) is 13.0 Å². The average molecular weight is 379 g/mol. The number of carboxylic acid groups (broad SMARTS) is 2. The lowest BCUT2D eigenvalue weighted by molar-refractivity contribution is -0.159. The lowest BCUT2D eigenvalue weighted by Crippen LogP contribution is -2.16. The summed E-state index contributed by atoms with van der Waals surface area (Å²) in [5, 5.41) is 18.1. The van der Waals surface area contributed by atoms with E-state index in [4.69, 9.17) is 29.3 Å². The number of carbonyl (C=O) groups is 2. The first kappa shape index (κ1) is 21.9. The molecule has 0 radical (unpaired) electrons. The van der Waals surface area contributed by atoms with Gasteiger partial charge in [-0.3, -0.25) is 0 Å². The van der Waals surface area contributed by atoms with E-state index in [-0.39, 0.29) is 5.82 Å². The van der Waals surface area contributed by atoms with E-state index < -0.39 is 11.9 Å². The van der Waals surface area contributed by atoms with E-state index in [9.17, 15) is 4.39 Å². The van der Waals surface area contributed by atoms with Gasteiger partial charge in [0.05, 0.1) is 14.2 Å². The predicted molar refractivity (Wildman–Crippen MR) is 96.6 cm³/mol. The van der Waals surface area contributed by atoms with Crippen LogP contribution in [0.15, 0.2) is 42.5 Å². The largest absolute Gasteiger partial charge is 0.493 e. The highest BCUT2D eigenvalue weighted by atomic mass is 19.1. The van der Waals surface area contributed by atoms with E-state index >= 15 is 0 Å². The molecule has 0 unspecified atom stereocenters. The van der Waals surface area contributed by atoms with E-state index in [0.717, 1.165) is 36.6 Å². The third kappa shape index (κ3) is 8.19. The number of ether oxygens (including phenoxy) is 2. The summed E-state index contributed by atoms with van der Waals surface area (Å²) in [6.07, 6.45) is 0.890. The van der Waals surface area contributed by atoms with Crippen LogP contribution in [0.1, 0.15) is 11.1 Å². The molecular weight excluding hydrogens is 357 g/mol. The molecule has 0 heterocycles. The summed E-state index contributed by atoms with van der Waals surface area (Å²) in [6, 6.07) is 12.5. The highest BCUT2D eigenvalue weighted by Gasteiger charge is 2.05. The second-order valence-electron chi connectivity index (χ2n) is 5.35. The summed E-state index contributed by atoms with van der Waals surface area (Å²) < 4.78 is 23.3. The van der Waals surface area contributed by atoms with Crippen molar-refractivity contribution in [1.82, 2.24) is 5.32 Å². The van der Waals surface area contributed by atoms with Crippen molar-refractivity contribution in [3.8, 4) is 11.5 Å². The Kier molecular flexibility index (Phi) is 9.32. The molecular formula is C19H22FNO6. The molecule has 27 heavy (non-hydrogen) atoms. The quantitative estimate of drug-likeness (QED) is 0.501. The van der Waals surface area contributed by atoms with E-state index in [1.165, 1.54) is 17.7 Å². The Balaban J connectivity index is 0.000000527. The average Bonchev–Trinajstić information content (AvgIpc) is 2.66. The summed E-state index contributed by atoms with van der Waals surface area (Å²) in [4.78, 5) is 18.2. The van der Waals surface area contributed by atoms with Gasteiger partial charge in [0.1, 0.15) is 5.82 Å². The smallest absolute Gasteiger partial charge is 0.414 e. The van der Waals surface area contributed by atoms with Crippen LogP contribution in [0.3, 0.4) is 0 Å². The van der Waals surface area contributed by atoms with Crippen molar-refractivity contribution >= 4 is 11.9 Å². The van der Waals surface area contributed by atoms with Gasteiger partial charge in [-0.25, -0.2) is 14.0 Å². The van der Waals surface area contributed by atoms with E-state index in [2.05, 4.69) is 5.32 Å². The Morgan fingerprint density at radius 2 is 1.48 bits per heavy atom. The molecule has 0 amide bonds. The summed E-state index contributed by atoms with van der Waals surface area (Å²) in [5.74, 6) is -2.37. The Hall–Kier alpha value is -3.13. The van der Waals surface area contributed by atoms with Gasteiger partial charge in [-0.1, -0.05) is 18.2 Å². The number of carboxylic acids is 2. The van der Waals surface area contributed by atoms with E-state index in [1.807, 2.05) is 18.2 Å². The molecule has 8 heteroatoms. The molecule has 2 aromatic carbocycles. The maximum Gasteiger partial charge on any atom is 0.414 e. The zero-order valence-electron chi connectivity index (χ0n) is 15.1. The maximum atomic E-state index is 12.8. The van der Waals surface area contributed by atoms with Gasteiger partial charge in [0.25, 0.3) is 0 Å². The minimum absolute atomic E-state index is 0.205. The van der Waals surface area contributed by atoms with Crippen molar-refractivity contribution in [2.75, 3.05) is 20.8 Å². The summed E-state index contributed by atoms with van der Waals surface area (Å²) in [7, 11) is 3.26. The van der Waals surface area contributed by atoms with Crippen LogP contribution in [0.2, 0.25) is 0 Å². The van der Waals surface area contributed by atoms with Gasteiger partial charge in [-0.2, -0.15) is 0 Å². The standard InChI is InChI=1S/C17H20FNO2.C2H2O4/c1-20-16-8-5-13(11-17(16)21-2)9-10-19-12-14-3-6-15(18)7-4-14;3-1(4)2(5)6/h3-8,11,19H,9-10,12H2,1-2H3;(H,3,4)(H,5,6). The van der Waals surface area contributed by atoms with Crippen LogP contribution in [0, 0.1) is 5.82 Å². The van der Waals surface area contributed by atoms with Crippen LogP contribution < -0.4 is 14.8 Å². The van der Waals surface area contributed by atoms with Gasteiger partial charge in [0.2, 0.25) is 0 Å². The third-order valence-corrected chi connectivity index (χ3v) is 3.46. The number of hydrogen-bond donors (Lipinski definition) is 3.